The molecule has 0 aliphatic heterocycles. The van der Waals surface area contributed by atoms with Gasteiger partial charge in [0.25, 0.3) is 0 Å². The lowest BCUT2D eigenvalue weighted by molar-refractivity contribution is -0.219. The summed E-state index contributed by atoms with van der Waals surface area (Å²) in [5.74, 6) is 1.57. The van der Waals surface area contributed by atoms with Crippen LogP contribution in [0.4, 0.5) is 0 Å². The van der Waals surface area contributed by atoms with Crippen LogP contribution in [0.2, 0.25) is 0 Å². The number of fused-ring (bicyclic) bond motifs is 6. The molecule has 0 aromatic heterocycles. The molecule has 80 heavy (non-hydrogen) atoms. The molecule has 0 spiro atoms. The molecule has 12 nitrogen and oxygen atoms in total. The Hall–Kier alpha value is -2.28. The summed E-state index contributed by atoms with van der Waals surface area (Å²) in [5.41, 5.74) is 0.103. The Bertz CT molecular complexity index is 2040. The van der Waals surface area contributed by atoms with Gasteiger partial charge in [-0.25, -0.2) is 0 Å². The Kier molecular flexibility index (Phi) is 23.3. The summed E-state index contributed by atoms with van der Waals surface area (Å²) in [5, 5.41) is 0. The summed E-state index contributed by atoms with van der Waals surface area (Å²) in [6.45, 7) is 51.3. The zero-order valence-electron chi connectivity index (χ0n) is 55.9. The third kappa shape index (κ3) is 15.6. The van der Waals surface area contributed by atoms with Crippen molar-refractivity contribution < 1.29 is 57.1 Å². The first-order chi connectivity index (χ1) is 36.6. The lowest BCUT2D eigenvalue weighted by Gasteiger charge is -2.43. The Balaban J connectivity index is 0.000000230. The van der Waals surface area contributed by atoms with Gasteiger partial charge in [0.2, 0.25) is 0 Å². The highest BCUT2D eigenvalue weighted by Crippen LogP contribution is 2.68. The van der Waals surface area contributed by atoms with Crippen LogP contribution in [0.1, 0.15) is 282 Å². The van der Waals surface area contributed by atoms with Gasteiger partial charge in [-0.3, -0.25) is 19.2 Å². The predicted octanol–water partition coefficient (Wildman–Crippen LogP) is 17.2. The molecule has 0 aromatic rings. The van der Waals surface area contributed by atoms with Crippen molar-refractivity contribution in [2.75, 3.05) is 20.2 Å². The van der Waals surface area contributed by atoms with Gasteiger partial charge in [-0.2, -0.15) is 0 Å². The number of ether oxygens (including phenoxy) is 8. The second-order valence-corrected chi connectivity index (χ2v) is 31.6. The van der Waals surface area contributed by atoms with Gasteiger partial charge in [0.05, 0.1) is 46.6 Å². The maximum Gasteiger partial charge on any atom is 0.313 e. The maximum absolute atomic E-state index is 12.2. The van der Waals surface area contributed by atoms with E-state index in [1.165, 1.54) is 77.0 Å². The molecule has 7 rings (SSSR count). The van der Waals surface area contributed by atoms with Crippen LogP contribution in [0.25, 0.3) is 0 Å². The van der Waals surface area contributed by atoms with Gasteiger partial charge in [-0.15, -0.1) is 0 Å². The highest BCUT2D eigenvalue weighted by Gasteiger charge is 2.64. The number of carbonyl (C=O) groups is 4. The second-order valence-electron chi connectivity index (χ2n) is 31.6. The van der Waals surface area contributed by atoms with E-state index in [2.05, 4.69) is 69.2 Å². The van der Waals surface area contributed by atoms with E-state index in [1.807, 2.05) is 96.9 Å². The van der Waals surface area contributed by atoms with Crippen molar-refractivity contribution in [1.82, 2.24) is 0 Å². The Morgan fingerprint density at radius 2 is 0.887 bits per heavy atom. The maximum atomic E-state index is 12.2. The van der Waals surface area contributed by atoms with Crippen LogP contribution in [0.5, 0.6) is 0 Å². The zero-order valence-corrected chi connectivity index (χ0v) is 55.9. The molecule has 0 N–H and O–H groups in total. The fraction of sp³-hybridized carbons (Fsp3) is 0.941. The minimum absolute atomic E-state index is 0.0951. The van der Waals surface area contributed by atoms with Crippen LogP contribution in [0, 0.1) is 77.3 Å². The summed E-state index contributed by atoms with van der Waals surface area (Å²) in [6.07, 6.45) is 20.2. The van der Waals surface area contributed by atoms with E-state index in [-0.39, 0.29) is 82.8 Å². The molecule has 7 aliphatic rings. The van der Waals surface area contributed by atoms with Crippen molar-refractivity contribution in [1.29, 1.82) is 0 Å². The van der Waals surface area contributed by atoms with E-state index in [4.69, 9.17) is 37.9 Å². The van der Waals surface area contributed by atoms with Gasteiger partial charge in [0.1, 0.15) is 0 Å². The molecule has 0 radical (unpaired) electrons. The molecule has 6 bridgehead atoms. The first-order valence-electron chi connectivity index (χ1n) is 31.9. The zero-order chi connectivity index (χ0) is 60.9. The first kappa shape index (κ1) is 70.2. The average Bonchev–Trinajstić information content (AvgIpc) is 4.24. The van der Waals surface area contributed by atoms with Gasteiger partial charge in [0.15, 0.2) is 26.2 Å². The molecule has 0 amide bonds. The van der Waals surface area contributed by atoms with Crippen LogP contribution in [0.3, 0.4) is 0 Å². The lowest BCUT2D eigenvalue weighted by Crippen LogP contribution is -2.45. The number of rotatable bonds is 21. The molecule has 0 saturated heterocycles. The second kappa shape index (κ2) is 26.5. The van der Waals surface area contributed by atoms with Gasteiger partial charge in [-0.1, -0.05) is 116 Å². The SMILES string of the molecule is CCC(C)(C)C(=O)OC(C)OC1C2(C)CCC(C2)C1(C)C.CCC(C)(C)C(=O)OC(C)OC1CC2CCC1(C)C2(C)C.CCC(C)(C)C(=O)OCOC1CC2CCC1(C)C2(C)C.CCC(C)(C)C(=O)OCOCC1(C)CCCCC1. The third-order valence-corrected chi connectivity index (χ3v) is 23.8. The number of esters is 4. The van der Waals surface area contributed by atoms with E-state index in [0.29, 0.717) is 17.4 Å². The summed E-state index contributed by atoms with van der Waals surface area (Å²) in [6, 6.07) is 0. The Morgan fingerprint density at radius 3 is 1.27 bits per heavy atom. The van der Waals surface area contributed by atoms with Crippen LogP contribution in [-0.4, -0.2) is 75.0 Å². The van der Waals surface area contributed by atoms with Crippen molar-refractivity contribution in [3.63, 3.8) is 0 Å². The van der Waals surface area contributed by atoms with E-state index < -0.39 is 34.2 Å². The summed E-state index contributed by atoms with van der Waals surface area (Å²) < 4.78 is 45.4. The number of hydrogen-bond donors (Lipinski definition) is 0. The standard InChI is InChI=1S/2C18H32O3.C17H30O3.C15H28O3/c1-8-16(3,4)15(19)21-12(2)20-14-17(5,6)13-9-10-18(14,7)11-13;1-8-16(3,4)15(19)21-12(2)20-14-11-13-9-10-18(14,7)17(13,5)6;1-7-15(2,3)14(18)20-11-19-13-10-12-8-9-17(13,6)16(12,4)5;1-5-14(2,3)13(16)18-12-17-11-15(4)9-7-6-8-10-15/h2*12-14H,8-11H2,1-7H3;12-13H,7-11H2,1-6H3;5-12H2,1-4H3. The van der Waals surface area contributed by atoms with Crippen molar-refractivity contribution in [3.8, 4) is 0 Å². The molecule has 11 atom stereocenters. The molecular formula is C68H122O12. The molecule has 7 aliphatic carbocycles. The molecule has 466 valence electrons. The van der Waals surface area contributed by atoms with Crippen molar-refractivity contribution >= 4 is 23.9 Å². The minimum atomic E-state index is -0.469. The van der Waals surface area contributed by atoms with Gasteiger partial charge < -0.3 is 37.9 Å². The molecule has 0 aromatic carbocycles. The normalized spacial score (nSPS) is 32.0. The van der Waals surface area contributed by atoms with E-state index in [0.717, 1.165) is 56.3 Å². The van der Waals surface area contributed by atoms with E-state index >= 15 is 0 Å². The van der Waals surface area contributed by atoms with Crippen molar-refractivity contribution in [2.24, 2.45) is 77.3 Å². The van der Waals surface area contributed by atoms with Crippen LogP contribution >= 0.6 is 0 Å². The van der Waals surface area contributed by atoms with Gasteiger partial charge in [0, 0.05) is 0 Å². The molecule has 11 unspecified atom stereocenters. The number of carbonyl (C=O) groups excluding carboxylic acids is 4. The highest BCUT2D eigenvalue weighted by atomic mass is 16.7. The molecule has 7 fully saturated rings. The monoisotopic (exact) mass is 1130 g/mol. The fourth-order valence-electron chi connectivity index (χ4n) is 14.5. The fourth-order valence-corrected chi connectivity index (χ4v) is 14.5. The topological polar surface area (TPSA) is 142 Å². The number of hydrogen-bond acceptors (Lipinski definition) is 12. The van der Waals surface area contributed by atoms with Crippen LogP contribution in [0.15, 0.2) is 0 Å². The molecule has 0 heterocycles. The Labute approximate surface area is 489 Å². The first-order valence-corrected chi connectivity index (χ1v) is 31.9. The van der Waals surface area contributed by atoms with E-state index in [1.54, 1.807) is 0 Å². The van der Waals surface area contributed by atoms with Crippen LogP contribution < -0.4 is 0 Å². The average molecular weight is 1130 g/mol. The largest absolute Gasteiger partial charge is 0.438 e. The van der Waals surface area contributed by atoms with Gasteiger partial charge >= 0.3 is 23.9 Å². The van der Waals surface area contributed by atoms with Crippen molar-refractivity contribution in [3.05, 3.63) is 0 Å². The highest BCUT2D eigenvalue weighted by molar-refractivity contribution is 5.77. The smallest absolute Gasteiger partial charge is 0.313 e. The predicted molar refractivity (Wildman–Crippen MR) is 319 cm³/mol. The van der Waals surface area contributed by atoms with Crippen molar-refractivity contribution in [2.45, 2.75) is 313 Å². The molecule has 7 saturated carbocycles. The van der Waals surface area contributed by atoms with Gasteiger partial charge in [-0.05, 0) is 221 Å². The summed E-state index contributed by atoms with van der Waals surface area (Å²) >= 11 is 0. The quantitative estimate of drug-likeness (QED) is 0.0467. The summed E-state index contributed by atoms with van der Waals surface area (Å²) in [7, 11) is 0. The third-order valence-electron chi connectivity index (χ3n) is 23.8. The summed E-state index contributed by atoms with van der Waals surface area (Å²) in [4.78, 5) is 48.0. The van der Waals surface area contributed by atoms with E-state index in [9.17, 15) is 19.2 Å². The minimum Gasteiger partial charge on any atom is -0.438 e. The Morgan fingerprint density at radius 1 is 0.487 bits per heavy atom. The molecule has 12 heteroatoms. The molecular weight excluding hydrogens is 1010 g/mol. The lowest BCUT2D eigenvalue weighted by atomic mass is 9.70. The van der Waals surface area contributed by atoms with Crippen LogP contribution in [-0.2, 0) is 57.1 Å².